The number of H-pyrrole nitrogens is 1. The van der Waals surface area contributed by atoms with Crippen molar-refractivity contribution in [3.8, 4) is 5.75 Å². The van der Waals surface area contributed by atoms with Crippen molar-refractivity contribution in [1.82, 2.24) is 15.2 Å². The Hall–Kier alpha value is -2.90. The largest absolute Gasteiger partial charge is 0.497 e. The number of methoxy groups -OCH3 is 1. The maximum Gasteiger partial charge on any atom is 0.253 e. The van der Waals surface area contributed by atoms with Crippen molar-refractivity contribution in [2.45, 2.75) is 39.8 Å². The molecule has 0 unspecified atom stereocenters. The average molecular weight is 468 g/mol. The van der Waals surface area contributed by atoms with E-state index in [1.165, 1.54) is 5.56 Å². The fourth-order valence-corrected chi connectivity index (χ4v) is 3.85. The molecule has 0 fully saturated rings. The van der Waals surface area contributed by atoms with Gasteiger partial charge in [0.25, 0.3) is 5.56 Å². The number of hydrogen-bond donors (Lipinski definition) is 2. The molecule has 3 aromatic rings. The van der Waals surface area contributed by atoms with E-state index >= 15 is 0 Å². The lowest BCUT2D eigenvalue weighted by atomic mass is 10.1. The topological polar surface area (TPSA) is 66.6 Å². The van der Waals surface area contributed by atoms with Crippen LogP contribution in [0.3, 0.4) is 0 Å². The molecule has 3 rings (SSSR count). The van der Waals surface area contributed by atoms with Crippen LogP contribution in [0.1, 0.15) is 37.0 Å². The van der Waals surface area contributed by atoms with Gasteiger partial charge in [0.2, 0.25) is 0 Å². The number of nitrogens with zero attached hydrogens (tertiary/aromatic N) is 1. The number of thiocarbonyl (C=S) groups is 1. The zero-order valence-electron chi connectivity index (χ0n) is 19.6. The highest BCUT2D eigenvalue weighted by Crippen LogP contribution is 2.17. The van der Waals surface area contributed by atoms with Crippen molar-refractivity contribution in [3.05, 3.63) is 75.6 Å². The second-order valence-corrected chi connectivity index (χ2v) is 8.27. The summed E-state index contributed by atoms with van der Waals surface area (Å²) in [5, 5.41) is 4.97. The van der Waals surface area contributed by atoms with Crippen LogP contribution >= 0.6 is 12.2 Å². The van der Waals surface area contributed by atoms with Crippen LogP contribution in [-0.2, 0) is 24.2 Å². The molecule has 0 bridgehead atoms. The summed E-state index contributed by atoms with van der Waals surface area (Å²) < 4.78 is 10.7. The molecule has 0 radical (unpaired) electrons. The molecule has 7 heteroatoms. The van der Waals surface area contributed by atoms with E-state index < -0.39 is 0 Å². The first-order valence-electron chi connectivity index (χ1n) is 11.4. The fourth-order valence-electron chi connectivity index (χ4n) is 3.62. The summed E-state index contributed by atoms with van der Waals surface area (Å²) in [6.07, 6.45) is 1.81. The van der Waals surface area contributed by atoms with Gasteiger partial charge >= 0.3 is 0 Å². The third kappa shape index (κ3) is 7.04. The summed E-state index contributed by atoms with van der Waals surface area (Å²) in [6.45, 7) is 7.21. The molecular weight excluding hydrogens is 434 g/mol. The second kappa shape index (κ2) is 12.4. The second-order valence-electron chi connectivity index (χ2n) is 7.89. The zero-order chi connectivity index (χ0) is 23.6. The minimum atomic E-state index is -0.0920. The number of hydrogen-bond acceptors (Lipinski definition) is 4. The fraction of sp³-hybridized carbons (Fsp3) is 0.385. The molecule has 2 N–H and O–H groups in total. The number of aromatic nitrogens is 1. The third-order valence-corrected chi connectivity index (χ3v) is 5.92. The molecule has 0 saturated heterocycles. The van der Waals surface area contributed by atoms with Crippen molar-refractivity contribution in [2.24, 2.45) is 0 Å². The number of aromatic amines is 1. The van der Waals surface area contributed by atoms with Crippen LogP contribution in [0.25, 0.3) is 10.9 Å². The summed E-state index contributed by atoms with van der Waals surface area (Å²) in [5.41, 5.74) is 3.76. The van der Waals surface area contributed by atoms with E-state index in [1.807, 2.05) is 48.2 Å². The summed E-state index contributed by atoms with van der Waals surface area (Å²) in [6, 6.07) is 16.0. The Bertz CT molecular complexity index is 1110. The molecule has 0 aliphatic heterocycles. The molecule has 176 valence electrons. The van der Waals surface area contributed by atoms with Gasteiger partial charge in [-0.15, -0.1) is 0 Å². The number of rotatable bonds is 11. The first-order valence-corrected chi connectivity index (χ1v) is 11.8. The van der Waals surface area contributed by atoms with Crippen molar-refractivity contribution in [3.63, 3.8) is 0 Å². The molecule has 1 aromatic heterocycles. The number of pyridine rings is 1. The van der Waals surface area contributed by atoms with Gasteiger partial charge in [0.15, 0.2) is 5.11 Å². The smallest absolute Gasteiger partial charge is 0.253 e. The van der Waals surface area contributed by atoms with Gasteiger partial charge in [0.05, 0.1) is 13.7 Å². The SMILES string of the molecule is CCOCCCNC(=S)N(Cc1ccc(OC)cc1)Cc1cc2cc(CC)ccc2[nH]c1=O. The van der Waals surface area contributed by atoms with Crippen molar-refractivity contribution in [2.75, 3.05) is 26.9 Å². The summed E-state index contributed by atoms with van der Waals surface area (Å²) in [5.74, 6) is 0.805. The maximum absolute atomic E-state index is 12.8. The van der Waals surface area contributed by atoms with Crippen LogP contribution in [0.2, 0.25) is 0 Å². The molecule has 0 amide bonds. The molecule has 0 saturated carbocycles. The molecule has 33 heavy (non-hydrogen) atoms. The Kier molecular flexibility index (Phi) is 9.27. The van der Waals surface area contributed by atoms with Gasteiger partial charge in [-0.1, -0.05) is 25.1 Å². The predicted octanol–water partition coefficient (Wildman–Crippen LogP) is 4.40. The van der Waals surface area contributed by atoms with Crippen LogP contribution in [0.15, 0.2) is 53.3 Å². The van der Waals surface area contributed by atoms with E-state index in [0.717, 1.165) is 35.1 Å². The van der Waals surface area contributed by atoms with E-state index in [9.17, 15) is 4.79 Å². The van der Waals surface area contributed by atoms with Crippen LogP contribution in [-0.4, -0.2) is 41.9 Å². The van der Waals surface area contributed by atoms with E-state index in [1.54, 1.807) is 7.11 Å². The minimum absolute atomic E-state index is 0.0920. The molecular formula is C26H33N3O3S. The highest BCUT2D eigenvalue weighted by Gasteiger charge is 2.14. The van der Waals surface area contributed by atoms with E-state index in [0.29, 0.717) is 43.5 Å². The van der Waals surface area contributed by atoms with Gasteiger partial charge in [-0.2, -0.15) is 0 Å². The standard InChI is InChI=1S/C26H33N3O3S/c1-4-19-9-12-24-21(15-19)16-22(25(30)28-24)18-29(26(33)27-13-6-14-32-5-2)17-20-7-10-23(31-3)11-8-20/h7-12,15-16H,4-6,13-14,17-18H2,1-3H3,(H,27,33)(H,28,30). The monoisotopic (exact) mass is 467 g/mol. The lowest BCUT2D eigenvalue weighted by Gasteiger charge is -2.26. The number of benzene rings is 2. The summed E-state index contributed by atoms with van der Waals surface area (Å²) in [4.78, 5) is 17.9. The molecule has 2 aromatic carbocycles. The summed E-state index contributed by atoms with van der Waals surface area (Å²) >= 11 is 5.72. The van der Waals surface area contributed by atoms with Gasteiger partial charge in [-0.3, -0.25) is 4.79 Å². The van der Waals surface area contributed by atoms with Gasteiger partial charge in [-0.05, 0) is 78.8 Å². The van der Waals surface area contributed by atoms with Gasteiger partial charge in [0.1, 0.15) is 5.75 Å². The van der Waals surface area contributed by atoms with Crippen molar-refractivity contribution in [1.29, 1.82) is 0 Å². The number of aryl methyl sites for hydroxylation is 1. The number of nitrogens with one attached hydrogen (secondary N) is 2. The van der Waals surface area contributed by atoms with Crippen LogP contribution < -0.4 is 15.6 Å². The molecule has 0 atom stereocenters. The quantitative estimate of drug-likeness (QED) is 0.322. The lowest BCUT2D eigenvalue weighted by Crippen LogP contribution is -2.40. The Morgan fingerprint density at radius 3 is 2.52 bits per heavy atom. The molecule has 0 aliphatic rings. The third-order valence-electron chi connectivity index (χ3n) is 5.52. The number of fused-ring (bicyclic) bond motifs is 1. The highest BCUT2D eigenvalue weighted by molar-refractivity contribution is 7.80. The zero-order valence-corrected chi connectivity index (χ0v) is 20.5. The van der Waals surface area contributed by atoms with Gasteiger partial charge < -0.3 is 24.7 Å². The minimum Gasteiger partial charge on any atom is -0.497 e. The van der Waals surface area contributed by atoms with Gasteiger partial charge in [-0.25, -0.2) is 0 Å². The van der Waals surface area contributed by atoms with Gasteiger partial charge in [0, 0.05) is 37.4 Å². The molecule has 0 aliphatic carbocycles. The Morgan fingerprint density at radius 2 is 1.82 bits per heavy atom. The lowest BCUT2D eigenvalue weighted by molar-refractivity contribution is 0.145. The predicted molar refractivity (Wildman–Crippen MR) is 138 cm³/mol. The van der Waals surface area contributed by atoms with Crippen molar-refractivity contribution >= 4 is 28.2 Å². The number of ether oxygens (including phenoxy) is 2. The van der Waals surface area contributed by atoms with Crippen LogP contribution in [0, 0.1) is 0 Å². The van der Waals surface area contributed by atoms with E-state index in [2.05, 4.69) is 29.4 Å². The molecule has 0 spiro atoms. The molecule has 1 heterocycles. The van der Waals surface area contributed by atoms with Crippen LogP contribution in [0.4, 0.5) is 0 Å². The first-order chi connectivity index (χ1) is 16.0. The molecule has 6 nitrogen and oxygen atoms in total. The average Bonchev–Trinajstić information content (AvgIpc) is 2.84. The highest BCUT2D eigenvalue weighted by atomic mass is 32.1. The van der Waals surface area contributed by atoms with Crippen molar-refractivity contribution < 1.29 is 9.47 Å². The van der Waals surface area contributed by atoms with E-state index in [-0.39, 0.29) is 5.56 Å². The Balaban J connectivity index is 1.82. The van der Waals surface area contributed by atoms with Crippen LogP contribution in [0.5, 0.6) is 5.75 Å². The Morgan fingerprint density at radius 1 is 1.06 bits per heavy atom. The summed E-state index contributed by atoms with van der Waals surface area (Å²) in [7, 11) is 1.65. The Labute approximate surface area is 200 Å². The first kappa shape index (κ1) is 24.7. The van der Waals surface area contributed by atoms with E-state index in [4.69, 9.17) is 21.7 Å². The normalized spacial score (nSPS) is 10.9. The maximum atomic E-state index is 12.8.